The zero-order valence-electron chi connectivity index (χ0n) is 11.4. The number of carbonyl (C=O) groups is 1. The minimum absolute atomic E-state index is 0.0896. The SMILES string of the molecule is CC(C)c1nn(CC(N)=O)c(=O)cc1-c1ccccn1. The highest BCUT2D eigenvalue weighted by molar-refractivity contribution is 5.73. The molecule has 20 heavy (non-hydrogen) atoms. The van der Waals surface area contributed by atoms with Gasteiger partial charge in [-0.1, -0.05) is 19.9 Å². The summed E-state index contributed by atoms with van der Waals surface area (Å²) in [6, 6.07) is 6.93. The molecule has 0 bridgehead atoms. The van der Waals surface area contributed by atoms with Crippen molar-refractivity contribution in [3.05, 3.63) is 46.5 Å². The van der Waals surface area contributed by atoms with Crippen molar-refractivity contribution >= 4 is 5.91 Å². The Kier molecular flexibility index (Phi) is 3.93. The first-order chi connectivity index (χ1) is 9.49. The van der Waals surface area contributed by atoms with Crippen molar-refractivity contribution in [3.63, 3.8) is 0 Å². The third-order valence-electron chi connectivity index (χ3n) is 2.82. The van der Waals surface area contributed by atoms with Gasteiger partial charge in [0.25, 0.3) is 5.56 Å². The highest BCUT2D eigenvalue weighted by Gasteiger charge is 2.15. The van der Waals surface area contributed by atoms with Gasteiger partial charge in [0.15, 0.2) is 0 Å². The number of hydrogen-bond donors (Lipinski definition) is 1. The van der Waals surface area contributed by atoms with Crippen molar-refractivity contribution in [1.82, 2.24) is 14.8 Å². The second-order valence-electron chi connectivity index (χ2n) is 4.78. The average molecular weight is 272 g/mol. The first kappa shape index (κ1) is 13.9. The lowest BCUT2D eigenvalue weighted by molar-refractivity contribution is -0.118. The molecule has 0 aliphatic heterocycles. The Bertz CT molecular complexity index is 677. The van der Waals surface area contributed by atoms with E-state index in [1.54, 1.807) is 12.3 Å². The smallest absolute Gasteiger partial charge is 0.267 e. The van der Waals surface area contributed by atoms with Crippen LogP contribution in [0, 0.1) is 0 Å². The molecule has 0 aliphatic rings. The standard InChI is InChI=1S/C14H16N4O2/c1-9(2)14-10(11-5-3-4-6-16-11)7-13(20)18(17-14)8-12(15)19/h3-7,9H,8H2,1-2H3,(H2,15,19). The monoisotopic (exact) mass is 272 g/mol. The van der Waals surface area contributed by atoms with Crippen LogP contribution in [0.1, 0.15) is 25.5 Å². The molecule has 0 spiro atoms. The lowest BCUT2D eigenvalue weighted by Gasteiger charge is -2.13. The van der Waals surface area contributed by atoms with E-state index in [2.05, 4.69) is 10.1 Å². The van der Waals surface area contributed by atoms with Crippen LogP contribution in [-0.4, -0.2) is 20.7 Å². The summed E-state index contributed by atoms with van der Waals surface area (Å²) in [4.78, 5) is 27.2. The van der Waals surface area contributed by atoms with E-state index in [-0.39, 0.29) is 18.0 Å². The van der Waals surface area contributed by atoms with E-state index in [9.17, 15) is 9.59 Å². The summed E-state index contributed by atoms with van der Waals surface area (Å²) in [7, 11) is 0. The summed E-state index contributed by atoms with van der Waals surface area (Å²) in [6.45, 7) is 3.71. The van der Waals surface area contributed by atoms with E-state index in [1.165, 1.54) is 6.07 Å². The predicted molar refractivity (Wildman–Crippen MR) is 75.0 cm³/mol. The van der Waals surface area contributed by atoms with Gasteiger partial charge in [0.1, 0.15) is 6.54 Å². The Morgan fingerprint density at radius 3 is 2.70 bits per heavy atom. The molecule has 6 heteroatoms. The Morgan fingerprint density at radius 2 is 2.15 bits per heavy atom. The van der Waals surface area contributed by atoms with E-state index in [1.807, 2.05) is 26.0 Å². The van der Waals surface area contributed by atoms with Crippen molar-refractivity contribution in [1.29, 1.82) is 0 Å². The highest BCUT2D eigenvalue weighted by Crippen LogP contribution is 2.24. The maximum Gasteiger partial charge on any atom is 0.267 e. The largest absolute Gasteiger partial charge is 0.368 e. The second-order valence-corrected chi connectivity index (χ2v) is 4.78. The molecule has 6 nitrogen and oxygen atoms in total. The second kappa shape index (κ2) is 5.64. The number of pyridine rings is 1. The summed E-state index contributed by atoms with van der Waals surface area (Å²) in [6.07, 6.45) is 1.66. The molecule has 2 heterocycles. The van der Waals surface area contributed by atoms with E-state index in [4.69, 9.17) is 5.73 Å². The molecule has 104 valence electrons. The van der Waals surface area contributed by atoms with Gasteiger partial charge in [0.05, 0.1) is 11.4 Å². The summed E-state index contributed by atoms with van der Waals surface area (Å²) in [5.74, 6) is -0.508. The van der Waals surface area contributed by atoms with E-state index in [0.717, 1.165) is 4.68 Å². The van der Waals surface area contributed by atoms with Gasteiger partial charge in [-0.15, -0.1) is 0 Å². The van der Waals surface area contributed by atoms with Gasteiger partial charge in [-0.3, -0.25) is 14.6 Å². The zero-order valence-corrected chi connectivity index (χ0v) is 11.4. The van der Waals surface area contributed by atoms with Gasteiger partial charge < -0.3 is 5.73 Å². The van der Waals surface area contributed by atoms with Gasteiger partial charge in [-0.05, 0) is 18.1 Å². The first-order valence-corrected chi connectivity index (χ1v) is 6.31. The third kappa shape index (κ3) is 2.90. The molecule has 0 aliphatic carbocycles. The molecule has 0 unspecified atom stereocenters. The molecule has 2 rings (SSSR count). The van der Waals surface area contributed by atoms with Crippen LogP contribution in [-0.2, 0) is 11.3 Å². The van der Waals surface area contributed by atoms with Crippen LogP contribution in [0.25, 0.3) is 11.3 Å². The van der Waals surface area contributed by atoms with E-state index < -0.39 is 5.91 Å². The fraction of sp³-hybridized carbons (Fsp3) is 0.286. The molecule has 0 atom stereocenters. The van der Waals surface area contributed by atoms with Crippen molar-refractivity contribution in [2.24, 2.45) is 5.73 Å². The third-order valence-corrected chi connectivity index (χ3v) is 2.82. The average Bonchev–Trinajstić information content (AvgIpc) is 2.41. The van der Waals surface area contributed by atoms with Crippen LogP contribution in [0.2, 0.25) is 0 Å². The van der Waals surface area contributed by atoms with Crippen molar-refractivity contribution < 1.29 is 4.79 Å². The van der Waals surface area contributed by atoms with E-state index >= 15 is 0 Å². The van der Waals surface area contributed by atoms with Crippen LogP contribution in [0.3, 0.4) is 0 Å². The molecule has 0 aromatic carbocycles. The maximum absolute atomic E-state index is 12.0. The maximum atomic E-state index is 12.0. The Balaban J connectivity index is 2.61. The first-order valence-electron chi connectivity index (χ1n) is 6.31. The predicted octanol–water partition coefficient (Wildman–Crippen LogP) is 0.914. The number of primary amides is 1. The minimum atomic E-state index is -0.597. The molecular weight excluding hydrogens is 256 g/mol. The fourth-order valence-corrected chi connectivity index (χ4v) is 1.92. The van der Waals surface area contributed by atoms with Crippen LogP contribution in [0.5, 0.6) is 0 Å². The summed E-state index contributed by atoms with van der Waals surface area (Å²) >= 11 is 0. The molecule has 2 aromatic heterocycles. The number of aromatic nitrogens is 3. The summed E-state index contributed by atoms with van der Waals surface area (Å²) in [5.41, 5.74) is 6.84. The zero-order chi connectivity index (χ0) is 14.7. The Morgan fingerprint density at radius 1 is 1.40 bits per heavy atom. The minimum Gasteiger partial charge on any atom is -0.368 e. The number of nitrogens with two attached hydrogens (primary N) is 1. The highest BCUT2D eigenvalue weighted by atomic mass is 16.2. The van der Waals surface area contributed by atoms with Crippen LogP contribution < -0.4 is 11.3 Å². The number of hydrogen-bond acceptors (Lipinski definition) is 4. The Hall–Kier alpha value is -2.50. The van der Waals surface area contributed by atoms with Crippen LogP contribution in [0.15, 0.2) is 35.3 Å². The van der Waals surface area contributed by atoms with Crippen molar-refractivity contribution in [2.75, 3.05) is 0 Å². The molecule has 0 fully saturated rings. The van der Waals surface area contributed by atoms with Crippen LogP contribution >= 0.6 is 0 Å². The van der Waals surface area contributed by atoms with Gasteiger partial charge in [0, 0.05) is 17.8 Å². The Labute approximate surface area is 116 Å². The number of nitrogens with zero attached hydrogens (tertiary/aromatic N) is 3. The molecule has 1 amide bonds. The van der Waals surface area contributed by atoms with Crippen molar-refractivity contribution in [3.8, 4) is 11.3 Å². The summed E-state index contributed by atoms with van der Waals surface area (Å²) in [5, 5.41) is 4.25. The van der Waals surface area contributed by atoms with Gasteiger partial charge >= 0.3 is 0 Å². The lowest BCUT2D eigenvalue weighted by atomic mass is 10.0. The van der Waals surface area contributed by atoms with Gasteiger partial charge in [-0.25, -0.2) is 4.68 Å². The molecule has 0 radical (unpaired) electrons. The molecule has 0 saturated heterocycles. The lowest BCUT2D eigenvalue weighted by Crippen LogP contribution is -2.31. The van der Waals surface area contributed by atoms with E-state index in [0.29, 0.717) is 17.0 Å². The van der Waals surface area contributed by atoms with Gasteiger partial charge in [0.2, 0.25) is 5.91 Å². The molecule has 0 saturated carbocycles. The molecule has 2 N–H and O–H groups in total. The van der Waals surface area contributed by atoms with Gasteiger partial charge in [-0.2, -0.15) is 5.10 Å². The van der Waals surface area contributed by atoms with Crippen LogP contribution in [0.4, 0.5) is 0 Å². The number of amides is 1. The molecular formula is C14H16N4O2. The fourth-order valence-electron chi connectivity index (χ4n) is 1.92. The number of carbonyl (C=O) groups excluding carboxylic acids is 1. The summed E-state index contributed by atoms with van der Waals surface area (Å²) < 4.78 is 1.09. The molecule has 2 aromatic rings. The topological polar surface area (TPSA) is 90.9 Å². The normalized spacial score (nSPS) is 10.8. The van der Waals surface area contributed by atoms with Crippen molar-refractivity contribution in [2.45, 2.75) is 26.3 Å². The number of rotatable bonds is 4. The quantitative estimate of drug-likeness (QED) is 0.895.